The van der Waals surface area contributed by atoms with Crippen LogP contribution in [0.5, 0.6) is 5.75 Å². The van der Waals surface area contributed by atoms with Crippen LogP contribution in [0.2, 0.25) is 0 Å². The van der Waals surface area contributed by atoms with E-state index in [4.69, 9.17) is 9.47 Å². The van der Waals surface area contributed by atoms with Gasteiger partial charge in [0.15, 0.2) is 0 Å². The highest BCUT2D eigenvalue weighted by Gasteiger charge is 2.36. The molecule has 0 N–H and O–H groups in total. The number of likely N-dealkylation sites (tertiary alicyclic amines) is 1. The highest BCUT2D eigenvalue weighted by Crippen LogP contribution is 2.30. The largest absolute Gasteiger partial charge is 0.457 e. The van der Waals surface area contributed by atoms with Crippen LogP contribution in [0.1, 0.15) is 116 Å². The standard InChI is InChI=1S/C41H68N4O7S2/c1-41(2,3)39(49)52-34(32-21-23-33(24-22-32)51-40(50)43(6)26-18-25-42(4)5)19-17-20-36(46)45(27-13-9-11-15-29-53-8)28-14-10-12-16-30-54-35-31-37(47)44(7)38(35)48/h21-24,34-35H,9-20,25-31H2,1-8H3. The smallest absolute Gasteiger partial charge is 0.414 e. The van der Waals surface area contributed by atoms with Crippen LogP contribution in [0.25, 0.3) is 0 Å². The summed E-state index contributed by atoms with van der Waals surface area (Å²) in [5.74, 6) is 2.04. The van der Waals surface area contributed by atoms with E-state index < -0.39 is 17.6 Å². The number of hydrogen-bond donors (Lipinski definition) is 0. The van der Waals surface area contributed by atoms with Crippen LogP contribution in [-0.4, -0.2) is 127 Å². The molecule has 2 unspecified atom stereocenters. The summed E-state index contributed by atoms with van der Waals surface area (Å²) in [4.78, 5) is 70.0. The van der Waals surface area contributed by atoms with Gasteiger partial charge in [0.25, 0.3) is 0 Å². The number of hydrogen-bond acceptors (Lipinski definition) is 10. The zero-order chi connectivity index (χ0) is 40.1. The minimum atomic E-state index is -0.685. The Morgan fingerprint density at radius 1 is 0.833 bits per heavy atom. The number of ether oxygens (including phenoxy) is 2. The van der Waals surface area contributed by atoms with Crippen molar-refractivity contribution in [2.24, 2.45) is 5.41 Å². The van der Waals surface area contributed by atoms with Gasteiger partial charge in [0.1, 0.15) is 11.9 Å². The Morgan fingerprint density at radius 3 is 2.00 bits per heavy atom. The Hall–Kier alpha value is -2.77. The number of nitrogens with zero attached hydrogens (tertiary/aromatic N) is 4. The molecule has 1 aromatic rings. The third kappa shape index (κ3) is 18.2. The number of carbonyl (C=O) groups is 5. The predicted octanol–water partition coefficient (Wildman–Crippen LogP) is 7.67. The zero-order valence-corrected chi connectivity index (χ0v) is 36.0. The lowest BCUT2D eigenvalue weighted by Crippen LogP contribution is -2.33. The van der Waals surface area contributed by atoms with Gasteiger partial charge in [0.05, 0.1) is 10.7 Å². The Balaban J connectivity index is 1.95. The predicted molar refractivity (Wildman–Crippen MR) is 221 cm³/mol. The van der Waals surface area contributed by atoms with Crippen LogP contribution < -0.4 is 4.74 Å². The summed E-state index contributed by atoms with van der Waals surface area (Å²) in [6.45, 7) is 8.38. The molecule has 0 aliphatic carbocycles. The van der Waals surface area contributed by atoms with E-state index >= 15 is 0 Å². The summed E-state index contributed by atoms with van der Waals surface area (Å²) in [5, 5.41) is -0.248. The first-order valence-electron chi connectivity index (χ1n) is 19.7. The molecule has 11 nitrogen and oxygen atoms in total. The minimum Gasteiger partial charge on any atom is -0.457 e. The molecule has 0 radical (unpaired) electrons. The van der Waals surface area contributed by atoms with Gasteiger partial charge in [0, 0.05) is 46.6 Å². The van der Waals surface area contributed by atoms with Gasteiger partial charge in [-0.3, -0.25) is 24.1 Å². The molecule has 1 aliphatic rings. The lowest BCUT2D eigenvalue weighted by atomic mass is 9.96. The number of unbranched alkanes of at least 4 members (excludes halogenated alkanes) is 6. The molecule has 2 rings (SSSR count). The van der Waals surface area contributed by atoms with Crippen LogP contribution in [0.4, 0.5) is 4.79 Å². The maximum atomic E-state index is 13.6. The molecule has 13 heteroatoms. The molecular formula is C41H68N4O7S2. The van der Waals surface area contributed by atoms with E-state index in [1.54, 1.807) is 42.9 Å². The molecule has 1 aromatic carbocycles. The second kappa shape index (κ2) is 25.4. The lowest BCUT2D eigenvalue weighted by Gasteiger charge is -2.25. The van der Waals surface area contributed by atoms with Gasteiger partial charge in [-0.25, -0.2) is 4.79 Å². The average Bonchev–Trinajstić information content (AvgIpc) is 3.36. The number of rotatable bonds is 26. The van der Waals surface area contributed by atoms with Crippen molar-refractivity contribution in [1.82, 2.24) is 19.6 Å². The Kier molecular flexibility index (Phi) is 22.3. The van der Waals surface area contributed by atoms with Gasteiger partial charge in [-0.1, -0.05) is 37.8 Å². The van der Waals surface area contributed by atoms with Gasteiger partial charge in [-0.2, -0.15) is 11.8 Å². The van der Waals surface area contributed by atoms with Crippen molar-refractivity contribution in [2.45, 2.75) is 116 Å². The maximum Gasteiger partial charge on any atom is 0.414 e. The molecule has 0 spiro atoms. The van der Waals surface area contributed by atoms with E-state index in [0.29, 0.717) is 44.5 Å². The quantitative estimate of drug-likeness (QED) is 0.0526. The fourth-order valence-corrected chi connectivity index (χ4v) is 7.65. The second-order valence-electron chi connectivity index (χ2n) is 15.6. The van der Waals surface area contributed by atoms with Gasteiger partial charge in [-0.05, 0) is 122 Å². The van der Waals surface area contributed by atoms with E-state index in [9.17, 15) is 24.0 Å². The molecule has 4 amide bonds. The third-order valence-corrected chi connectivity index (χ3v) is 11.4. The molecule has 0 saturated carbocycles. The first-order valence-corrected chi connectivity index (χ1v) is 22.2. The van der Waals surface area contributed by atoms with Crippen LogP contribution in [0.15, 0.2) is 24.3 Å². The summed E-state index contributed by atoms with van der Waals surface area (Å²) in [5.41, 5.74) is 0.103. The summed E-state index contributed by atoms with van der Waals surface area (Å²) in [7, 11) is 7.26. The van der Waals surface area contributed by atoms with Crippen molar-refractivity contribution >= 4 is 53.3 Å². The normalized spacial score (nSPS) is 15.1. The van der Waals surface area contributed by atoms with E-state index in [2.05, 4.69) is 11.2 Å². The van der Waals surface area contributed by atoms with Crippen LogP contribution in [-0.2, 0) is 23.9 Å². The Bertz CT molecular complexity index is 1310. The van der Waals surface area contributed by atoms with Crippen molar-refractivity contribution in [3.63, 3.8) is 0 Å². The van der Waals surface area contributed by atoms with Crippen LogP contribution in [0, 0.1) is 5.41 Å². The van der Waals surface area contributed by atoms with Gasteiger partial charge >= 0.3 is 12.1 Å². The monoisotopic (exact) mass is 792 g/mol. The first kappa shape index (κ1) is 47.4. The molecule has 1 aliphatic heterocycles. The first-order chi connectivity index (χ1) is 25.6. The molecule has 1 fully saturated rings. The van der Waals surface area contributed by atoms with Crippen molar-refractivity contribution < 1.29 is 33.4 Å². The number of thioether (sulfide) groups is 2. The van der Waals surface area contributed by atoms with Crippen molar-refractivity contribution in [2.75, 3.05) is 72.1 Å². The maximum absolute atomic E-state index is 13.6. The average molecular weight is 793 g/mol. The number of amides is 4. The van der Waals surface area contributed by atoms with Crippen molar-refractivity contribution in [3.8, 4) is 5.75 Å². The molecule has 0 bridgehead atoms. The molecule has 54 heavy (non-hydrogen) atoms. The van der Waals surface area contributed by atoms with Crippen molar-refractivity contribution in [3.05, 3.63) is 29.8 Å². The number of esters is 1. The Labute approximate surface area is 334 Å². The van der Waals surface area contributed by atoms with Gasteiger partial charge in [0.2, 0.25) is 17.7 Å². The molecule has 1 heterocycles. The molecule has 1 saturated heterocycles. The second-order valence-corrected chi connectivity index (χ2v) is 17.9. The van der Waals surface area contributed by atoms with E-state index in [0.717, 1.165) is 81.5 Å². The van der Waals surface area contributed by atoms with Crippen LogP contribution in [0.3, 0.4) is 0 Å². The van der Waals surface area contributed by atoms with E-state index in [1.807, 2.05) is 63.7 Å². The highest BCUT2D eigenvalue weighted by molar-refractivity contribution is 8.00. The molecule has 2 atom stereocenters. The number of imide groups is 1. The highest BCUT2D eigenvalue weighted by atomic mass is 32.2. The van der Waals surface area contributed by atoms with E-state index in [-0.39, 0.29) is 28.9 Å². The van der Waals surface area contributed by atoms with Crippen molar-refractivity contribution in [1.29, 1.82) is 0 Å². The third-order valence-electron chi connectivity index (χ3n) is 9.45. The minimum absolute atomic E-state index is 0.0859. The number of benzene rings is 1. The van der Waals surface area contributed by atoms with Gasteiger partial charge < -0.3 is 24.2 Å². The zero-order valence-electron chi connectivity index (χ0n) is 34.4. The Morgan fingerprint density at radius 2 is 1.44 bits per heavy atom. The summed E-state index contributed by atoms with van der Waals surface area (Å²) in [6, 6.07) is 7.08. The van der Waals surface area contributed by atoms with Crippen LogP contribution >= 0.6 is 23.5 Å². The fraction of sp³-hybridized carbons (Fsp3) is 0.732. The molecule has 306 valence electrons. The summed E-state index contributed by atoms with van der Waals surface area (Å²) < 4.78 is 11.6. The number of carbonyl (C=O) groups excluding carboxylic acids is 5. The lowest BCUT2D eigenvalue weighted by molar-refractivity contribution is -0.159. The SMILES string of the molecule is CSCCCCCCN(CCCCCCSC1CC(=O)N(C)C1=O)C(=O)CCCC(OC(=O)C(C)(C)C)c1ccc(OC(=O)N(C)CCCN(C)C)cc1. The van der Waals surface area contributed by atoms with E-state index in [1.165, 1.54) is 11.3 Å². The summed E-state index contributed by atoms with van der Waals surface area (Å²) >= 11 is 3.44. The van der Waals surface area contributed by atoms with Gasteiger partial charge in [-0.15, -0.1) is 11.8 Å². The fourth-order valence-electron chi connectivity index (χ4n) is 5.94. The molecule has 0 aromatic heterocycles. The molecular weight excluding hydrogens is 725 g/mol. The topological polar surface area (TPSA) is 117 Å². The summed E-state index contributed by atoms with van der Waals surface area (Å²) in [6.07, 6.45) is 12.1.